The molecule has 0 saturated heterocycles. The molecule has 0 bridgehead atoms. The van der Waals surface area contributed by atoms with E-state index in [1.807, 2.05) is 36.4 Å². The van der Waals surface area contributed by atoms with E-state index >= 15 is 0 Å². The molecule has 0 saturated carbocycles. The molecule has 0 radical (unpaired) electrons. The van der Waals surface area contributed by atoms with Crippen molar-refractivity contribution in [3.05, 3.63) is 100 Å². The summed E-state index contributed by atoms with van der Waals surface area (Å²) < 4.78 is 14.6. The van der Waals surface area contributed by atoms with E-state index in [2.05, 4.69) is 17.2 Å². The second-order valence-corrected chi connectivity index (χ2v) is 8.21. The largest absolute Gasteiger partial charge is 0.351 e. The van der Waals surface area contributed by atoms with Gasteiger partial charge in [-0.3, -0.25) is 14.2 Å². The van der Waals surface area contributed by atoms with Crippen LogP contribution in [0.25, 0.3) is 16.6 Å². The number of carbonyl (C=O) groups excluding carboxylic acids is 1. The third kappa shape index (κ3) is 4.89. The quantitative estimate of drug-likeness (QED) is 0.335. The average Bonchev–Trinajstić information content (AvgIpc) is 2.82. The fourth-order valence-corrected chi connectivity index (χ4v) is 4.14. The fraction of sp³-hybridized carbons (Fsp3) is 0.160. The van der Waals surface area contributed by atoms with Crippen LogP contribution in [0.15, 0.2) is 82.7 Å². The van der Waals surface area contributed by atoms with Crippen molar-refractivity contribution in [2.75, 3.05) is 5.75 Å². The molecule has 7 heteroatoms. The lowest BCUT2D eigenvalue weighted by Gasteiger charge is -2.13. The van der Waals surface area contributed by atoms with Gasteiger partial charge in [0.15, 0.2) is 5.16 Å². The number of halogens is 1. The Morgan fingerprint density at radius 3 is 2.41 bits per heavy atom. The highest BCUT2D eigenvalue weighted by Gasteiger charge is 2.15. The number of hydrogen-bond acceptors (Lipinski definition) is 4. The van der Waals surface area contributed by atoms with Crippen LogP contribution in [-0.4, -0.2) is 21.2 Å². The maximum Gasteiger partial charge on any atom is 0.266 e. The number of nitrogens with zero attached hydrogens (tertiary/aromatic N) is 2. The van der Waals surface area contributed by atoms with Gasteiger partial charge in [0.25, 0.3) is 5.56 Å². The number of hydrogen-bond donors (Lipinski definition) is 1. The van der Waals surface area contributed by atoms with Crippen LogP contribution in [0.5, 0.6) is 0 Å². The van der Waals surface area contributed by atoms with E-state index in [9.17, 15) is 14.0 Å². The van der Waals surface area contributed by atoms with Crippen molar-refractivity contribution < 1.29 is 9.18 Å². The van der Waals surface area contributed by atoms with Gasteiger partial charge in [-0.1, -0.05) is 55.1 Å². The second kappa shape index (κ2) is 9.78. The zero-order valence-electron chi connectivity index (χ0n) is 17.5. The molecule has 3 aromatic carbocycles. The zero-order chi connectivity index (χ0) is 22.5. The number of aryl methyl sites for hydroxylation is 1. The predicted octanol–water partition coefficient (Wildman–Crippen LogP) is 4.50. The summed E-state index contributed by atoms with van der Waals surface area (Å²) >= 11 is 1.21. The van der Waals surface area contributed by atoms with Gasteiger partial charge in [-0.2, -0.15) is 0 Å². The van der Waals surface area contributed by atoms with Crippen molar-refractivity contribution in [3.8, 4) is 5.69 Å². The SMILES string of the molecule is CCc1ccc(-n2c(SCC(=O)NCc3ccc(F)cc3)nc3ccccc3c2=O)cc1. The van der Waals surface area contributed by atoms with Crippen molar-refractivity contribution in [1.82, 2.24) is 14.9 Å². The molecule has 4 rings (SSSR count). The van der Waals surface area contributed by atoms with Gasteiger partial charge < -0.3 is 5.32 Å². The molecule has 0 spiro atoms. The maximum absolute atomic E-state index is 13.3. The molecule has 32 heavy (non-hydrogen) atoms. The summed E-state index contributed by atoms with van der Waals surface area (Å²) in [5, 5.41) is 3.80. The summed E-state index contributed by atoms with van der Waals surface area (Å²) in [6, 6.07) is 20.9. The summed E-state index contributed by atoms with van der Waals surface area (Å²) in [7, 11) is 0. The first-order chi connectivity index (χ1) is 15.5. The molecule has 1 N–H and O–H groups in total. The van der Waals surface area contributed by atoms with Crippen molar-refractivity contribution in [1.29, 1.82) is 0 Å². The first kappa shape index (κ1) is 21.8. The van der Waals surface area contributed by atoms with Crippen molar-refractivity contribution in [2.24, 2.45) is 0 Å². The minimum absolute atomic E-state index is 0.0962. The Balaban J connectivity index is 1.58. The van der Waals surface area contributed by atoms with Crippen molar-refractivity contribution in [3.63, 3.8) is 0 Å². The molecule has 0 unspecified atom stereocenters. The van der Waals surface area contributed by atoms with Gasteiger partial charge in [0, 0.05) is 6.54 Å². The molecule has 0 aliphatic carbocycles. The second-order valence-electron chi connectivity index (χ2n) is 7.26. The summed E-state index contributed by atoms with van der Waals surface area (Å²) in [6.45, 7) is 2.38. The lowest BCUT2D eigenvalue weighted by atomic mass is 10.1. The molecule has 5 nitrogen and oxygen atoms in total. The Bertz CT molecular complexity index is 1300. The van der Waals surface area contributed by atoms with Crippen LogP contribution >= 0.6 is 11.8 Å². The summed E-state index contributed by atoms with van der Waals surface area (Å²) in [6.07, 6.45) is 0.904. The molecule has 1 aromatic heterocycles. The number of carbonyl (C=O) groups is 1. The van der Waals surface area contributed by atoms with Gasteiger partial charge in [0.1, 0.15) is 5.82 Å². The Hall–Kier alpha value is -3.45. The number of fused-ring (bicyclic) bond motifs is 1. The van der Waals surface area contributed by atoms with E-state index in [0.29, 0.717) is 28.3 Å². The van der Waals surface area contributed by atoms with Crippen LogP contribution in [0.4, 0.5) is 4.39 Å². The molecule has 1 amide bonds. The number of benzene rings is 3. The van der Waals surface area contributed by atoms with Crippen LogP contribution in [-0.2, 0) is 17.8 Å². The van der Waals surface area contributed by atoms with E-state index in [-0.39, 0.29) is 23.0 Å². The average molecular weight is 448 g/mol. The van der Waals surface area contributed by atoms with E-state index in [0.717, 1.165) is 12.0 Å². The zero-order valence-corrected chi connectivity index (χ0v) is 18.4. The fourth-order valence-electron chi connectivity index (χ4n) is 3.30. The van der Waals surface area contributed by atoms with Gasteiger partial charge in [-0.05, 0) is 53.9 Å². The molecule has 0 fully saturated rings. The minimum Gasteiger partial charge on any atom is -0.351 e. The van der Waals surface area contributed by atoms with E-state index < -0.39 is 0 Å². The Labute approximate surface area is 189 Å². The lowest BCUT2D eigenvalue weighted by molar-refractivity contribution is -0.118. The Morgan fingerprint density at radius 1 is 1.00 bits per heavy atom. The normalized spacial score (nSPS) is 10.9. The van der Waals surface area contributed by atoms with Crippen LogP contribution in [0.2, 0.25) is 0 Å². The van der Waals surface area contributed by atoms with Gasteiger partial charge in [-0.15, -0.1) is 0 Å². The van der Waals surface area contributed by atoms with E-state index in [4.69, 9.17) is 0 Å². The lowest BCUT2D eigenvalue weighted by Crippen LogP contribution is -2.26. The standard InChI is InChI=1S/C25H22FN3O2S/c1-2-17-9-13-20(14-10-17)29-24(31)21-5-3-4-6-22(21)28-25(29)32-16-23(30)27-15-18-7-11-19(26)12-8-18/h3-14H,2,15-16H2,1H3,(H,27,30). The number of aromatic nitrogens is 2. The molecule has 0 aliphatic heterocycles. The molecule has 0 aliphatic rings. The Kier molecular flexibility index (Phi) is 6.66. The van der Waals surface area contributed by atoms with Crippen molar-refractivity contribution in [2.45, 2.75) is 25.0 Å². The highest BCUT2D eigenvalue weighted by atomic mass is 32.2. The molecular weight excluding hydrogens is 425 g/mol. The molecule has 162 valence electrons. The number of thioether (sulfide) groups is 1. The maximum atomic E-state index is 13.3. The van der Waals surface area contributed by atoms with Crippen LogP contribution in [0.1, 0.15) is 18.1 Å². The number of para-hydroxylation sites is 1. The van der Waals surface area contributed by atoms with Gasteiger partial charge in [0.05, 0.1) is 22.3 Å². The number of amides is 1. The topological polar surface area (TPSA) is 64.0 Å². The Morgan fingerprint density at radius 2 is 1.69 bits per heavy atom. The van der Waals surface area contributed by atoms with Crippen molar-refractivity contribution >= 4 is 28.6 Å². The monoisotopic (exact) mass is 447 g/mol. The highest BCUT2D eigenvalue weighted by molar-refractivity contribution is 7.99. The molecule has 4 aromatic rings. The number of rotatable bonds is 7. The third-order valence-corrected chi connectivity index (χ3v) is 6.02. The summed E-state index contributed by atoms with van der Waals surface area (Å²) in [5.41, 5.74) is 3.10. The van der Waals surface area contributed by atoms with E-state index in [1.54, 1.807) is 28.8 Å². The molecule has 1 heterocycles. The first-order valence-corrected chi connectivity index (χ1v) is 11.3. The smallest absolute Gasteiger partial charge is 0.266 e. The van der Waals surface area contributed by atoms with Crippen LogP contribution < -0.4 is 10.9 Å². The van der Waals surface area contributed by atoms with Crippen LogP contribution in [0, 0.1) is 5.82 Å². The third-order valence-electron chi connectivity index (χ3n) is 5.08. The molecular formula is C25H22FN3O2S. The predicted molar refractivity (Wildman–Crippen MR) is 126 cm³/mol. The minimum atomic E-state index is -0.317. The van der Waals surface area contributed by atoms with Gasteiger partial charge in [0.2, 0.25) is 5.91 Å². The summed E-state index contributed by atoms with van der Waals surface area (Å²) in [5.74, 6) is -0.420. The van der Waals surface area contributed by atoms with Crippen LogP contribution in [0.3, 0.4) is 0 Å². The first-order valence-electron chi connectivity index (χ1n) is 10.3. The highest BCUT2D eigenvalue weighted by Crippen LogP contribution is 2.21. The summed E-state index contributed by atoms with van der Waals surface area (Å²) in [4.78, 5) is 30.3. The van der Waals surface area contributed by atoms with Gasteiger partial charge in [-0.25, -0.2) is 9.37 Å². The van der Waals surface area contributed by atoms with E-state index in [1.165, 1.54) is 29.5 Å². The molecule has 0 atom stereocenters. The number of nitrogens with one attached hydrogen (secondary N) is 1. The van der Waals surface area contributed by atoms with Gasteiger partial charge >= 0.3 is 0 Å².